The van der Waals surface area contributed by atoms with E-state index < -0.39 is 0 Å². The van der Waals surface area contributed by atoms with Gasteiger partial charge in [-0.15, -0.1) is 0 Å². The summed E-state index contributed by atoms with van der Waals surface area (Å²) in [5.74, 6) is 0.738. The number of ether oxygens (including phenoxy) is 1. The SMILES string of the molecule is COc1cccc2c(C)cc3ncc(C=O)n3c12. The number of aryl methyl sites for hydroxylation is 1. The molecule has 0 spiro atoms. The van der Waals surface area contributed by atoms with Crippen LogP contribution in [0.5, 0.6) is 5.75 Å². The monoisotopic (exact) mass is 240 g/mol. The molecule has 0 aliphatic heterocycles. The van der Waals surface area contributed by atoms with Crippen molar-refractivity contribution < 1.29 is 9.53 Å². The van der Waals surface area contributed by atoms with Crippen LogP contribution in [-0.2, 0) is 0 Å². The summed E-state index contributed by atoms with van der Waals surface area (Å²) in [5.41, 5.74) is 3.28. The van der Waals surface area contributed by atoms with E-state index in [2.05, 4.69) is 4.98 Å². The van der Waals surface area contributed by atoms with Crippen molar-refractivity contribution >= 4 is 22.8 Å². The molecule has 90 valence electrons. The lowest BCUT2D eigenvalue weighted by atomic mass is 10.1. The van der Waals surface area contributed by atoms with Gasteiger partial charge < -0.3 is 4.74 Å². The molecule has 3 aromatic rings. The fraction of sp³-hybridized carbons (Fsp3) is 0.143. The van der Waals surface area contributed by atoms with Crippen molar-refractivity contribution in [1.29, 1.82) is 0 Å². The van der Waals surface area contributed by atoms with Gasteiger partial charge in [-0.1, -0.05) is 12.1 Å². The van der Waals surface area contributed by atoms with E-state index in [0.717, 1.165) is 34.1 Å². The number of carbonyl (C=O) groups is 1. The summed E-state index contributed by atoms with van der Waals surface area (Å²) in [4.78, 5) is 15.4. The third-order valence-electron chi connectivity index (χ3n) is 3.15. The fourth-order valence-electron chi connectivity index (χ4n) is 2.32. The van der Waals surface area contributed by atoms with Gasteiger partial charge in [0.15, 0.2) is 6.29 Å². The molecule has 0 atom stereocenters. The van der Waals surface area contributed by atoms with Crippen LogP contribution in [0.4, 0.5) is 0 Å². The van der Waals surface area contributed by atoms with Gasteiger partial charge in [0.1, 0.15) is 17.1 Å². The van der Waals surface area contributed by atoms with Crippen LogP contribution in [0.25, 0.3) is 16.6 Å². The summed E-state index contributed by atoms with van der Waals surface area (Å²) in [7, 11) is 1.63. The van der Waals surface area contributed by atoms with Gasteiger partial charge in [-0.25, -0.2) is 4.98 Å². The molecule has 0 bridgehead atoms. The summed E-state index contributed by atoms with van der Waals surface area (Å²) < 4.78 is 7.22. The molecule has 0 aliphatic carbocycles. The zero-order chi connectivity index (χ0) is 12.7. The maximum atomic E-state index is 11.1. The molecule has 2 aromatic heterocycles. The van der Waals surface area contributed by atoms with Crippen LogP contribution in [-0.4, -0.2) is 22.8 Å². The van der Waals surface area contributed by atoms with E-state index in [1.54, 1.807) is 13.3 Å². The average molecular weight is 240 g/mol. The third kappa shape index (κ3) is 1.32. The van der Waals surface area contributed by atoms with Crippen molar-refractivity contribution in [3.8, 4) is 5.75 Å². The number of nitrogens with zero attached hydrogens (tertiary/aromatic N) is 2. The molecule has 4 nitrogen and oxygen atoms in total. The van der Waals surface area contributed by atoms with E-state index in [1.807, 2.05) is 35.6 Å². The lowest BCUT2D eigenvalue weighted by molar-refractivity contribution is 0.111. The number of hydrogen-bond donors (Lipinski definition) is 0. The number of para-hydroxylation sites is 1. The zero-order valence-corrected chi connectivity index (χ0v) is 10.2. The van der Waals surface area contributed by atoms with Crippen LogP contribution in [0, 0.1) is 6.92 Å². The zero-order valence-electron chi connectivity index (χ0n) is 10.2. The van der Waals surface area contributed by atoms with Gasteiger partial charge in [0.05, 0.1) is 18.8 Å². The number of benzene rings is 1. The van der Waals surface area contributed by atoms with Crippen LogP contribution in [0.2, 0.25) is 0 Å². The maximum absolute atomic E-state index is 11.1. The fourth-order valence-corrected chi connectivity index (χ4v) is 2.32. The minimum Gasteiger partial charge on any atom is -0.495 e. The Bertz CT molecular complexity index is 759. The quantitative estimate of drug-likeness (QED) is 0.647. The van der Waals surface area contributed by atoms with Crippen molar-refractivity contribution in [2.75, 3.05) is 7.11 Å². The Morgan fingerprint density at radius 2 is 2.22 bits per heavy atom. The highest BCUT2D eigenvalue weighted by molar-refractivity contribution is 5.92. The minimum atomic E-state index is 0.527. The topological polar surface area (TPSA) is 43.6 Å². The first-order valence-electron chi connectivity index (χ1n) is 5.65. The summed E-state index contributed by atoms with van der Waals surface area (Å²) in [6.07, 6.45) is 2.38. The van der Waals surface area contributed by atoms with E-state index >= 15 is 0 Å². The number of methoxy groups -OCH3 is 1. The van der Waals surface area contributed by atoms with Crippen molar-refractivity contribution in [2.24, 2.45) is 0 Å². The highest BCUT2D eigenvalue weighted by atomic mass is 16.5. The summed E-state index contributed by atoms with van der Waals surface area (Å²) in [6, 6.07) is 7.81. The van der Waals surface area contributed by atoms with E-state index in [1.165, 1.54) is 0 Å². The molecule has 1 aromatic carbocycles. The molecule has 0 radical (unpaired) electrons. The molecule has 2 heterocycles. The van der Waals surface area contributed by atoms with Crippen LogP contribution in [0.15, 0.2) is 30.5 Å². The van der Waals surface area contributed by atoms with E-state index in [4.69, 9.17) is 4.74 Å². The number of hydrogen-bond acceptors (Lipinski definition) is 3. The second kappa shape index (κ2) is 3.84. The van der Waals surface area contributed by atoms with Gasteiger partial charge in [-0.3, -0.25) is 9.20 Å². The smallest absolute Gasteiger partial charge is 0.168 e. The predicted octanol–water partition coefficient (Wildman–Crippen LogP) is 2.62. The van der Waals surface area contributed by atoms with Crippen molar-refractivity contribution in [1.82, 2.24) is 9.38 Å². The van der Waals surface area contributed by atoms with Crippen LogP contribution >= 0.6 is 0 Å². The Morgan fingerprint density at radius 3 is 2.94 bits per heavy atom. The minimum absolute atomic E-state index is 0.527. The van der Waals surface area contributed by atoms with Gasteiger partial charge in [0.25, 0.3) is 0 Å². The Labute approximate surface area is 104 Å². The number of aromatic nitrogens is 2. The first kappa shape index (κ1) is 10.8. The molecular formula is C14H12N2O2. The number of carbonyl (C=O) groups excluding carboxylic acids is 1. The summed E-state index contributed by atoms with van der Waals surface area (Å²) in [5, 5.41) is 1.06. The molecule has 0 unspecified atom stereocenters. The van der Waals surface area contributed by atoms with Crippen LogP contribution in [0.3, 0.4) is 0 Å². The van der Waals surface area contributed by atoms with Gasteiger partial charge in [0.2, 0.25) is 0 Å². The second-order valence-corrected chi connectivity index (χ2v) is 4.18. The molecule has 4 heteroatoms. The number of aldehydes is 1. The molecule has 0 amide bonds. The normalized spacial score (nSPS) is 11.0. The summed E-state index contributed by atoms with van der Waals surface area (Å²) in [6.45, 7) is 2.02. The number of imidazole rings is 1. The molecule has 0 saturated carbocycles. The van der Waals surface area contributed by atoms with Crippen LogP contribution < -0.4 is 4.74 Å². The maximum Gasteiger partial charge on any atom is 0.168 e. The van der Waals surface area contributed by atoms with E-state index in [0.29, 0.717) is 5.69 Å². The first-order chi connectivity index (χ1) is 8.76. The summed E-state index contributed by atoms with van der Waals surface area (Å²) >= 11 is 0. The second-order valence-electron chi connectivity index (χ2n) is 4.18. The lowest BCUT2D eigenvalue weighted by Gasteiger charge is -2.10. The Balaban J connectivity index is 2.64. The Hall–Kier alpha value is -2.36. The standard InChI is InChI=1S/C14H12N2O2/c1-9-6-13-15-7-10(8-17)16(13)14-11(9)4-3-5-12(14)18-2/h3-8H,1-2H3. The van der Waals surface area contributed by atoms with Gasteiger partial charge in [-0.05, 0) is 24.6 Å². The third-order valence-corrected chi connectivity index (χ3v) is 3.15. The van der Waals surface area contributed by atoms with Gasteiger partial charge >= 0.3 is 0 Å². The Kier molecular flexibility index (Phi) is 2.30. The molecule has 18 heavy (non-hydrogen) atoms. The molecule has 0 saturated heterocycles. The largest absolute Gasteiger partial charge is 0.495 e. The number of pyridine rings is 1. The molecular weight excluding hydrogens is 228 g/mol. The van der Waals surface area contributed by atoms with Crippen molar-refractivity contribution in [3.05, 3.63) is 41.7 Å². The van der Waals surface area contributed by atoms with E-state index in [-0.39, 0.29) is 0 Å². The molecule has 0 N–H and O–H groups in total. The highest BCUT2D eigenvalue weighted by Gasteiger charge is 2.12. The van der Waals surface area contributed by atoms with Gasteiger partial charge in [-0.2, -0.15) is 0 Å². The highest BCUT2D eigenvalue weighted by Crippen LogP contribution is 2.29. The predicted molar refractivity (Wildman–Crippen MR) is 69.4 cm³/mol. The number of fused-ring (bicyclic) bond motifs is 3. The lowest BCUT2D eigenvalue weighted by Crippen LogP contribution is -1.98. The van der Waals surface area contributed by atoms with Gasteiger partial charge in [0, 0.05) is 5.39 Å². The first-order valence-corrected chi connectivity index (χ1v) is 5.65. The van der Waals surface area contributed by atoms with E-state index in [9.17, 15) is 4.79 Å². The molecule has 3 rings (SSSR count). The molecule has 0 aliphatic rings. The van der Waals surface area contributed by atoms with Crippen LogP contribution in [0.1, 0.15) is 16.1 Å². The van der Waals surface area contributed by atoms with Crippen molar-refractivity contribution in [3.63, 3.8) is 0 Å². The van der Waals surface area contributed by atoms with Crippen molar-refractivity contribution in [2.45, 2.75) is 6.92 Å². The Morgan fingerprint density at radius 1 is 1.39 bits per heavy atom. The molecule has 0 fully saturated rings. The number of rotatable bonds is 2. The average Bonchev–Trinajstić information content (AvgIpc) is 2.81.